The Morgan fingerprint density at radius 3 is 2.14 bits per heavy atom. The number of hydrogen-bond acceptors (Lipinski definition) is 7. The maximum absolute atomic E-state index is 13.8. The third-order valence-corrected chi connectivity index (χ3v) is 18.0. The van der Waals surface area contributed by atoms with E-state index >= 15 is 0 Å². The summed E-state index contributed by atoms with van der Waals surface area (Å²) in [5, 5.41) is -0.0177. The van der Waals surface area contributed by atoms with E-state index in [1.165, 1.54) is 10.8 Å². The monoisotopic (exact) mass is 618 g/mol. The fraction of sp³-hybridized carbons (Fsp3) is 0.645. The second kappa shape index (κ2) is 12.7. The highest BCUT2D eigenvalue weighted by Crippen LogP contribution is 2.42. The van der Waals surface area contributed by atoms with Gasteiger partial charge in [-0.15, -0.1) is 0 Å². The maximum Gasteiger partial charge on any atom is 0.333 e. The Morgan fingerprint density at radius 1 is 0.976 bits per heavy atom. The minimum atomic E-state index is -2.26. The lowest BCUT2D eigenvalue weighted by Crippen LogP contribution is -2.48. The zero-order valence-corrected chi connectivity index (χ0v) is 29.3. The molecule has 0 radical (unpaired) electrons. The second-order valence-corrected chi connectivity index (χ2v) is 24.0. The summed E-state index contributed by atoms with van der Waals surface area (Å²) < 4.78 is 27.5. The highest BCUT2D eigenvalue weighted by Gasteiger charge is 2.47. The molecule has 2 aromatic rings. The molecule has 3 rings (SSSR count). The number of carbonyl (C=O) groups is 1. The van der Waals surface area contributed by atoms with Crippen LogP contribution in [0.5, 0.6) is 0 Å². The van der Waals surface area contributed by atoms with Gasteiger partial charge in [0.2, 0.25) is 0 Å². The van der Waals surface area contributed by atoms with E-state index in [1.54, 1.807) is 6.92 Å². The molecule has 1 aliphatic heterocycles. The fourth-order valence-electron chi connectivity index (χ4n) is 4.24. The van der Waals surface area contributed by atoms with Crippen LogP contribution < -0.4 is 11.2 Å². The largest absolute Gasteiger partial charge is 0.459 e. The zero-order chi connectivity index (χ0) is 31.7. The first-order valence-electron chi connectivity index (χ1n) is 14.7. The minimum absolute atomic E-state index is 0.0424. The topological polar surface area (TPSA) is 98.0 Å². The second-order valence-electron chi connectivity index (χ2n) is 14.4. The molecule has 1 fully saturated rings. The third-order valence-electron chi connectivity index (χ3n) is 9.00. The van der Waals surface area contributed by atoms with Crippen molar-refractivity contribution in [3.63, 3.8) is 0 Å². The molecular weight excluding hydrogens is 569 g/mol. The number of carbonyl (C=O) groups excluding carboxylic acids is 1. The van der Waals surface area contributed by atoms with E-state index in [9.17, 15) is 14.4 Å². The third kappa shape index (κ3) is 7.99. The average molecular weight is 619 g/mol. The van der Waals surface area contributed by atoms with Crippen LogP contribution in [0.2, 0.25) is 36.3 Å². The summed E-state index contributed by atoms with van der Waals surface area (Å²) in [6, 6.07) is 9.24. The summed E-state index contributed by atoms with van der Waals surface area (Å²) in [6.45, 7) is 23.4. The van der Waals surface area contributed by atoms with Crippen LogP contribution in [0, 0.1) is 6.92 Å². The summed E-state index contributed by atoms with van der Waals surface area (Å²) in [7, 11) is -4.30. The number of ether oxygens (including phenoxy) is 2. The van der Waals surface area contributed by atoms with Crippen LogP contribution in [-0.2, 0) is 36.3 Å². The lowest BCUT2D eigenvalue weighted by atomic mass is 10.2. The molecule has 0 aliphatic carbocycles. The van der Waals surface area contributed by atoms with Crippen molar-refractivity contribution in [1.82, 2.24) is 9.13 Å². The van der Waals surface area contributed by atoms with E-state index in [0.29, 0.717) is 18.6 Å². The maximum atomic E-state index is 13.8. The summed E-state index contributed by atoms with van der Waals surface area (Å²) in [5.74, 6) is -0.669. The van der Waals surface area contributed by atoms with Crippen LogP contribution in [0.25, 0.3) is 0 Å². The molecule has 234 valence electrons. The molecule has 0 saturated carbocycles. The lowest BCUT2D eigenvalue weighted by Gasteiger charge is -2.39. The van der Waals surface area contributed by atoms with E-state index in [2.05, 4.69) is 67.7 Å². The molecule has 9 nitrogen and oxygen atoms in total. The van der Waals surface area contributed by atoms with Crippen LogP contribution >= 0.6 is 0 Å². The van der Waals surface area contributed by atoms with Crippen molar-refractivity contribution in [1.29, 1.82) is 0 Å². The predicted octanol–water partition coefficient (Wildman–Crippen LogP) is 5.76. The molecule has 2 heterocycles. The number of rotatable bonds is 10. The molecule has 0 unspecified atom stereocenters. The van der Waals surface area contributed by atoms with Gasteiger partial charge in [-0.2, -0.15) is 0 Å². The van der Waals surface area contributed by atoms with E-state index in [1.807, 2.05) is 30.3 Å². The van der Waals surface area contributed by atoms with E-state index in [-0.39, 0.29) is 22.8 Å². The van der Waals surface area contributed by atoms with Gasteiger partial charge >= 0.3 is 11.7 Å². The SMILES string of the molecule is Cc1cn([C@@H]2O[C@H](CO[Si](C)(C)C(C)(C)C)C[C@H]2O[Si](C)(C)C(C)(C)C)c(=O)n(CC(=O)OCc2ccccc2)c1=O. The van der Waals surface area contributed by atoms with Crippen molar-refractivity contribution in [2.75, 3.05) is 6.61 Å². The summed E-state index contributed by atoms with van der Waals surface area (Å²) >= 11 is 0. The Bertz CT molecular complexity index is 1350. The standard InChI is InChI=1S/C31H50N2O7Si2/c1-22-18-33(29(36)32(27(22)35)19-26(34)37-20-23-15-13-12-14-16-23)28-25(40-42(10,11)31(5,6)7)17-24(39-28)21-38-41(8,9)30(2,3)4/h12-16,18,24-25,28H,17,19-21H2,1-11H3/t24-,25+,28+/m0/s1. The normalized spacial score (nSPS) is 20.1. The van der Waals surface area contributed by atoms with Crippen molar-refractivity contribution in [2.24, 2.45) is 0 Å². The molecule has 0 spiro atoms. The van der Waals surface area contributed by atoms with Gasteiger partial charge in [0.05, 0.1) is 18.8 Å². The Labute approximate surface area is 252 Å². The van der Waals surface area contributed by atoms with Gasteiger partial charge in [-0.05, 0) is 48.8 Å². The summed E-state index contributed by atoms with van der Waals surface area (Å²) in [4.78, 5) is 39.5. The predicted molar refractivity (Wildman–Crippen MR) is 170 cm³/mol. The summed E-state index contributed by atoms with van der Waals surface area (Å²) in [6.07, 6.45) is 0.579. The van der Waals surface area contributed by atoms with Gasteiger partial charge in [0.25, 0.3) is 5.56 Å². The number of esters is 1. The van der Waals surface area contributed by atoms with Crippen LogP contribution in [0.1, 0.15) is 65.3 Å². The average Bonchev–Trinajstić information content (AvgIpc) is 3.27. The van der Waals surface area contributed by atoms with E-state index in [0.717, 1.165) is 10.1 Å². The highest BCUT2D eigenvalue weighted by atomic mass is 28.4. The van der Waals surface area contributed by atoms with Gasteiger partial charge < -0.3 is 18.3 Å². The quantitative estimate of drug-likeness (QED) is 0.247. The molecule has 1 aliphatic rings. The molecule has 0 amide bonds. The number of aromatic nitrogens is 2. The van der Waals surface area contributed by atoms with Crippen molar-refractivity contribution in [3.8, 4) is 0 Å². The zero-order valence-electron chi connectivity index (χ0n) is 27.3. The van der Waals surface area contributed by atoms with Crippen molar-refractivity contribution >= 4 is 22.6 Å². The van der Waals surface area contributed by atoms with Gasteiger partial charge in [-0.25, -0.2) is 9.36 Å². The first-order valence-corrected chi connectivity index (χ1v) is 20.5. The molecule has 1 saturated heterocycles. The molecule has 0 bridgehead atoms. The number of nitrogens with zero attached hydrogens (tertiary/aromatic N) is 2. The minimum Gasteiger partial charge on any atom is -0.459 e. The molecule has 11 heteroatoms. The fourth-order valence-corrected chi connectivity index (χ4v) is 6.60. The van der Waals surface area contributed by atoms with Crippen molar-refractivity contribution in [2.45, 2.75) is 123 Å². The Hall–Kier alpha value is -2.32. The summed E-state index contributed by atoms with van der Waals surface area (Å²) in [5.41, 5.74) is -0.0375. The van der Waals surface area contributed by atoms with Crippen LogP contribution in [-0.4, -0.2) is 50.6 Å². The molecule has 1 aromatic heterocycles. The molecule has 0 N–H and O–H groups in total. The Morgan fingerprint density at radius 2 is 1.57 bits per heavy atom. The number of benzene rings is 1. The molecule has 42 heavy (non-hydrogen) atoms. The van der Waals surface area contributed by atoms with Crippen LogP contribution in [0.4, 0.5) is 0 Å². The van der Waals surface area contributed by atoms with Crippen molar-refractivity contribution in [3.05, 3.63) is 68.5 Å². The van der Waals surface area contributed by atoms with E-state index in [4.69, 9.17) is 18.3 Å². The van der Waals surface area contributed by atoms with Gasteiger partial charge in [0.15, 0.2) is 22.9 Å². The van der Waals surface area contributed by atoms with Crippen LogP contribution in [0.15, 0.2) is 46.1 Å². The first-order chi connectivity index (χ1) is 19.2. The molecular formula is C31H50N2O7Si2. The molecule has 1 aromatic carbocycles. The number of hydrogen-bond donors (Lipinski definition) is 0. The Kier molecular flexibility index (Phi) is 10.4. The van der Waals surface area contributed by atoms with Gasteiger partial charge in [0.1, 0.15) is 13.2 Å². The van der Waals surface area contributed by atoms with E-state index < -0.39 is 52.7 Å². The van der Waals surface area contributed by atoms with Gasteiger partial charge in [0, 0.05) is 18.2 Å². The van der Waals surface area contributed by atoms with Gasteiger partial charge in [-0.3, -0.25) is 14.2 Å². The van der Waals surface area contributed by atoms with Gasteiger partial charge in [-0.1, -0.05) is 71.9 Å². The molecule has 3 atom stereocenters. The first kappa shape index (κ1) is 34.2. The smallest absolute Gasteiger partial charge is 0.333 e. The highest BCUT2D eigenvalue weighted by molar-refractivity contribution is 6.74. The van der Waals surface area contributed by atoms with Crippen LogP contribution in [0.3, 0.4) is 0 Å². The number of aryl methyl sites for hydroxylation is 1. The Balaban J connectivity index is 1.92. The lowest BCUT2D eigenvalue weighted by molar-refractivity contribution is -0.145. The van der Waals surface area contributed by atoms with Crippen molar-refractivity contribution < 1.29 is 23.1 Å².